The Bertz CT molecular complexity index is 858. The third kappa shape index (κ3) is 5.53. The number of amides is 1. The molecule has 6 nitrogen and oxygen atoms in total. The number of methoxy groups -OCH3 is 1. The van der Waals surface area contributed by atoms with Gasteiger partial charge in [0.15, 0.2) is 5.96 Å². The average molecular weight is 409 g/mol. The molecule has 30 heavy (non-hydrogen) atoms. The van der Waals surface area contributed by atoms with E-state index in [0.717, 1.165) is 54.3 Å². The van der Waals surface area contributed by atoms with Crippen molar-refractivity contribution in [3.63, 3.8) is 0 Å². The number of carbonyl (C=O) groups excluding carboxylic acids is 1. The van der Waals surface area contributed by atoms with Crippen molar-refractivity contribution in [2.75, 3.05) is 34.3 Å². The average Bonchev–Trinajstić information content (AvgIpc) is 2.80. The molecule has 1 fully saturated rings. The van der Waals surface area contributed by atoms with Gasteiger partial charge in [0.2, 0.25) is 0 Å². The highest BCUT2D eigenvalue weighted by Gasteiger charge is 2.18. The predicted molar refractivity (Wildman–Crippen MR) is 121 cm³/mol. The lowest BCUT2D eigenvalue weighted by atomic mass is 10.1. The normalized spacial score (nSPS) is 14.4. The second-order valence-electron chi connectivity index (χ2n) is 7.62. The van der Waals surface area contributed by atoms with Gasteiger partial charge in [0.1, 0.15) is 5.75 Å². The molecule has 6 heteroatoms. The van der Waals surface area contributed by atoms with Crippen molar-refractivity contribution in [3.8, 4) is 5.75 Å². The molecular formula is C24H32N4O2. The van der Waals surface area contributed by atoms with E-state index in [-0.39, 0.29) is 5.91 Å². The highest BCUT2D eigenvalue weighted by molar-refractivity contribution is 5.94. The van der Waals surface area contributed by atoms with E-state index in [4.69, 9.17) is 4.74 Å². The van der Waals surface area contributed by atoms with E-state index in [9.17, 15) is 4.79 Å². The van der Waals surface area contributed by atoms with Crippen molar-refractivity contribution in [3.05, 3.63) is 65.2 Å². The first-order chi connectivity index (χ1) is 14.6. The maximum absolute atomic E-state index is 12.6. The smallest absolute Gasteiger partial charge is 0.253 e. The lowest BCUT2D eigenvalue weighted by molar-refractivity contribution is 0.0724. The number of hydrogen-bond donors (Lipinski definition) is 1. The van der Waals surface area contributed by atoms with Gasteiger partial charge in [-0.25, -0.2) is 0 Å². The van der Waals surface area contributed by atoms with E-state index < -0.39 is 0 Å². The zero-order valence-electron chi connectivity index (χ0n) is 18.2. The standard InChI is InChI=1S/C24H32N4O2/c1-25-24(27(2)18-21-9-5-6-10-22(21)30-3)26-17-19-11-13-20(14-12-19)23(29)28-15-7-4-8-16-28/h5-6,9-14H,4,7-8,15-18H2,1-3H3,(H,25,26). The molecule has 0 atom stereocenters. The van der Waals surface area contributed by atoms with E-state index in [1.54, 1.807) is 14.2 Å². The van der Waals surface area contributed by atoms with Gasteiger partial charge in [0, 0.05) is 51.4 Å². The molecule has 2 aromatic carbocycles. The van der Waals surface area contributed by atoms with Crippen LogP contribution in [0, 0.1) is 0 Å². The largest absolute Gasteiger partial charge is 0.496 e. The second kappa shape index (κ2) is 10.7. The number of likely N-dealkylation sites (tertiary alicyclic amines) is 1. The molecule has 3 rings (SSSR count). The fourth-order valence-electron chi connectivity index (χ4n) is 3.77. The molecule has 0 aliphatic carbocycles. The molecular weight excluding hydrogens is 376 g/mol. The van der Waals surface area contributed by atoms with Gasteiger partial charge in [-0.05, 0) is 43.0 Å². The summed E-state index contributed by atoms with van der Waals surface area (Å²) in [5, 5.41) is 3.40. The molecule has 160 valence electrons. The summed E-state index contributed by atoms with van der Waals surface area (Å²) in [5.41, 5.74) is 2.97. The Morgan fingerprint density at radius 1 is 1.10 bits per heavy atom. The Morgan fingerprint density at radius 3 is 2.47 bits per heavy atom. The third-order valence-corrected chi connectivity index (χ3v) is 5.47. The number of nitrogens with one attached hydrogen (secondary N) is 1. The molecule has 1 saturated heterocycles. The summed E-state index contributed by atoms with van der Waals surface area (Å²) in [5.74, 6) is 1.81. The second-order valence-corrected chi connectivity index (χ2v) is 7.62. The lowest BCUT2D eigenvalue weighted by Crippen LogP contribution is -2.38. The zero-order valence-corrected chi connectivity index (χ0v) is 18.2. The van der Waals surface area contributed by atoms with Crippen molar-refractivity contribution in [2.45, 2.75) is 32.4 Å². The van der Waals surface area contributed by atoms with E-state index in [1.165, 1.54) is 6.42 Å². The Morgan fingerprint density at radius 2 is 1.80 bits per heavy atom. The minimum Gasteiger partial charge on any atom is -0.496 e. The number of ether oxygens (including phenoxy) is 1. The van der Waals surface area contributed by atoms with Gasteiger partial charge in [0.05, 0.1) is 7.11 Å². The van der Waals surface area contributed by atoms with E-state index >= 15 is 0 Å². The van der Waals surface area contributed by atoms with Crippen LogP contribution >= 0.6 is 0 Å². The van der Waals surface area contributed by atoms with Crippen LogP contribution in [0.3, 0.4) is 0 Å². The van der Waals surface area contributed by atoms with Crippen molar-refractivity contribution in [1.82, 2.24) is 15.1 Å². The summed E-state index contributed by atoms with van der Waals surface area (Å²) in [6.07, 6.45) is 3.44. The minimum atomic E-state index is 0.140. The van der Waals surface area contributed by atoms with Gasteiger partial charge in [-0.1, -0.05) is 30.3 Å². The monoisotopic (exact) mass is 408 g/mol. The van der Waals surface area contributed by atoms with Crippen LogP contribution in [0.25, 0.3) is 0 Å². The first-order valence-electron chi connectivity index (χ1n) is 10.5. The van der Waals surface area contributed by atoms with Crippen LogP contribution in [0.15, 0.2) is 53.5 Å². The van der Waals surface area contributed by atoms with E-state index in [1.807, 2.05) is 54.4 Å². The Labute approximate surface area is 179 Å². The Hall–Kier alpha value is -3.02. The first-order valence-corrected chi connectivity index (χ1v) is 10.5. The molecule has 0 bridgehead atoms. The van der Waals surface area contributed by atoms with Gasteiger partial charge in [-0.15, -0.1) is 0 Å². The predicted octanol–water partition coefficient (Wildman–Crippen LogP) is 3.53. The number of aliphatic imine (C=N–C) groups is 1. The van der Waals surface area contributed by atoms with Gasteiger partial charge in [-0.2, -0.15) is 0 Å². The summed E-state index contributed by atoms with van der Waals surface area (Å²) in [6, 6.07) is 15.9. The number of rotatable bonds is 6. The zero-order chi connectivity index (χ0) is 21.3. The third-order valence-electron chi connectivity index (χ3n) is 5.47. The van der Waals surface area contributed by atoms with Crippen LogP contribution in [0.4, 0.5) is 0 Å². The quantitative estimate of drug-likeness (QED) is 0.587. The van der Waals surface area contributed by atoms with Crippen LogP contribution in [0.5, 0.6) is 5.75 Å². The van der Waals surface area contributed by atoms with Crippen LogP contribution in [0.1, 0.15) is 40.7 Å². The molecule has 1 heterocycles. The summed E-state index contributed by atoms with van der Waals surface area (Å²) in [7, 11) is 5.47. The number of benzene rings is 2. The molecule has 1 amide bonds. The summed E-state index contributed by atoms with van der Waals surface area (Å²) >= 11 is 0. The number of para-hydroxylation sites is 1. The van der Waals surface area contributed by atoms with Gasteiger partial charge in [-0.3, -0.25) is 9.79 Å². The van der Waals surface area contributed by atoms with E-state index in [0.29, 0.717) is 13.1 Å². The molecule has 0 unspecified atom stereocenters. The topological polar surface area (TPSA) is 57.2 Å². The maximum Gasteiger partial charge on any atom is 0.253 e. The summed E-state index contributed by atoms with van der Waals surface area (Å²) < 4.78 is 5.45. The number of guanidine groups is 1. The molecule has 0 spiro atoms. The van der Waals surface area contributed by atoms with Crippen LogP contribution in [-0.2, 0) is 13.1 Å². The van der Waals surface area contributed by atoms with Crippen LogP contribution < -0.4 is 10.1 Å². The minimum absolute atomic E-state index is 0.140. The Kier molecular flexibility index (Phi) is 7.71. The van der Waals surface area contributed by atoms with Crippen LogP contribution in [-0.4, -0.2) is 56.0 Å². The fraction of sp³-hybridized carbons (Fsp3) is 0.417. The fourth-order valence-corrected chi connectivity index (χ4v) is 3.77. The van der Waals surface area contributed by atoms with Gasteiger partial charge < -0.3 is 19.9 Å². The van der Waals surface area contributed by atoms with Crippen molar-refractivity contribution < 1.29 is 9.53 Å². The highest BCUT2D eigenvalue weighted by atomic mass is 16.5. The van der Waals surface area contributed by atoms with Gasteiger partial charge in [0.25, 0.3) is 5.91 Å². The Balaban J connectivity index is 1.56. The molecule has 1 aliphatic rings. The number of hydrogen-bond acceptors (Lipinski definition) is 3. The molecule has 1 N–H and O–H groups in total. The summed E-state index contributed by atoms with van der Waals surface area (Å²) in [4.78, 5) is 21.0. The van der Waals surface area contributed by atoms with Crippen molar-refractivity contribution in [2.24, 2.45) is 4.99 Å². The van der Waals surface area contributed by atoms with Crippen molar-refractivity contribution >= 4 is 11.9 Å². The number of piperidine rings is 1. The SMILES string of the molecule is CN=C(NCc1ccc(C(=O)N2CCCCC2)cc1)N(C)Cc1ccccc1OC. The lowest BCUT2D eigenvalue weighted by Gasteiger charge is -2.26. The van der Waals surface area contributed by atoms with Crippen LogP contribution in [0.2, 0.25) is 0 Å². The molecule has 1 aliphatic heterocycles. The molecule has 2 aromatic rings. The summed E-state index contributed by atoms with van der Waals surface area (Å²) in [6.45, 7) is 3.07. The maximum atomic E-state index is 12.6. The number of nitrogens with zero attached hydrogens (tertiary/aromatic N) is 3. The first kappa shape index (κ1) is 21.7. The molecule has 0 aromatic heterocycles. The molecule has 0 radical (unpaired) electrons. The van der Waals surface area contributed by atoms with Gasteiger partial charge >= 0.3 is 0 Å². The molecule has 0 saturated carbocycles. The number of carbonyl (C=O) groups is 1. The highest BCUT2D eigenvalue weighted by Crippen LogP contribution is 2.19. The van der Waals surface area contributed by atoms with Crippen molar-refractivity contribution in [1.29, 1.82) is 0 Å². The van der Waals surface area contributed by atoms with E-state index in [2.05, 4.69) is 21.3 Å².